The number of β-lactam (4-membered cyclic amide) rings is 1. The van der Waals surface area contributed by atoms with Crippen molar-refractivity contribution in [2.75, 3.05) is 11.5 Å². The smallest absolute Gasteiger partial charge is 0.327 e. The maximum Gasteiger partial charge on any atom is 0.327 e. The molecule has 0 bridgehead atoms. The lowest BCUT2D eigenvalue weighted by atomic mass is 10.0. The molecule has 0 aliphatic carbocycles. The Morgan fingerprint density at radius 1 is 1.57 bits per heavy atom. The van der Waals surface area contributed by atoms with E-state index in [9.17, 15) is 13.8 Å². The highest BCUT2D eigenvalue weighted by molar-refractivity contribution is 8.00. The highest BCUT2D eigenvalue weighted by Gasteiger charge is 2.53. The highest BCUT2D eigenvalue weighted by atomic mass is 32.2. The van der Waals surface area contributed by atoms with Crippen molar-refractivity contribution in [3.05, 3.63) is 17.5 Å². The minimum absolute atomic E-state index is 0.194. The molecule has 1 aromatic rings. The molecule has 1 N–H and O–H groups in total. The van der Waals surface area contributed by atoms with E-state index in [1.165, 1.54) is 16.7 Å². The predicted molar refractivity (Wildman–Crippen MR) is 76.0 cm³/mol. The number of thioether (sulfide) groups is 1. The Bertz CT molecular complexity index is 726. The predicted octanol–water partition coefficient (Wildman–Crippen LogP) is -0.244. The quantitative estimate of drug-likeness (QED) is 0.596. The van der Waals surface area contributed by atoms with Crippen molar-refractivity contribution in [3.8, 4) is 0 Å². The van der Waals surface area contributed by atoms with Crippen LogP contribution in [0.4, 0.5) is 0 Å². The van der Waals surface area contributed by atoms with Crippen LogP contribution in [0, 0.1) is 0 Å². The van der Waals surface area contributed by atoms with Crippen LogP contribution >= 0.6 is 11.8 Å². The number of aromatic nitrogens is 2. The van der Waals surface area contributed by atoms with Crippen molar-refractivity contribution in [1.29, 1.82) is 0 Å². The Labute approximate surface area is 126 Å². The summed E-state index contributed by atoms with van der Waals surface area (Å²) in [5.41, 5.74) is 1.19. The van der Waals surface area contributed by atoms with Gasteiger partial charge in [0.1, 0.15) is 11.4 Å². The van der Waals surface area contributed by atoms with E-state index in [4.69, 9.17) is 5.11 Å². The number of carboxylic acids is 1. The Morgan fingerprint density at radius 2 is 2.38 bits per heavy atom. The van der Waals surface area contributed by atoms with Crippen LogP contribution in [0.25, 0.3) is 6.08 Å². The molecule has 0 radical (unpaired) electrons. The van der Waals surface area contributed by atoms with Gasteiger partial charge < -0.3 is 14.6 Å². The summed E-state index contributed by atoms with van der Waals surface area (Å²) >= 11 is 1.45. The minimum Gasteiger partial charge on any atom is -0.480 e. The summed E-state index contributed by atoms with van der Waals surface area (Å²) in [7, 11) is -1.06. The number of aryl methyl sites for hydroxylation is 1. The van der Waals surface area contributed by atoms with Crippen LogP contribution in [-0.4, -0.2) is 58.6 Å². The number of hydrogen-bond donors (Lipinski definition) is 1. The maximum absolute atomic E-state index is 12.1. The number of amides is 1. The van der Waals surface area contributed by atoms with Gasteiger partial charge in [0.05, 0.1) is 22.1 Å². The maximum atomic E-state index is 12.1. The molecule has 110 valence electrons. The van der Waals surface area contributed by atoms with Gasteiger partial charge in [0.15, 0.2) is 5.16 Å². The van der Waals surface area contributed by atoms with Crippen molar-refractivity contribution in [2.24, 2.45) is 0 Å². The largest absolute Gasteiger partial charge is 0.480 e. The summed E-state index contributed by atoms with van der Waals surface area (Å²) in [6.45, 7) is 0.678. The first-order valence-electron chi connectivity index (χ1n) is 6.40. The molecule has 3 aliphatic rings. The summed E-state index contributed by atoms with van der Waals surface area (Å²) in [5, 5.41) is 9.42. The first-order chi connectivity index (χ1) is 10.1. The highest BCUT2D eigenvalue weighted by Crippen LogP contribution is 2.43. The molecule has 3 aliphatic heterocycles. The van der Waals surface area contributed by atoms with E-state index in [2.05, 4.69) is 4.98 Å². The Kier molecular flexibility index (Phi) is 2.77. The van der Waals surface area contributed by atoms with Crippen molar-refractivity contribution in [2.45, 2.75) is 23.1 Å². The van der Waals surface area contributed by atoms with E-state index in [-0.39, 0.29) is 11.3 Å². The zero-order valence-corrected chi connectivity index (χ0v) is 12.4. The lowest BCUT2D eigenvalue weighted by molar-refractivity contribution is -0.150. The van der Waals surface area contributed by atoms with E-state index < -0.39 is 22.8 Å². The van der Waals surface area contributed by atoms with E-state index in [1.807, 2.05) is 4.57 Å². The minimum atomic E-state index is -1.06. The van der Waals surface area contributed by atoms with E-state index in [0.29, 0.717) is 34.5 Å². The molecule has 1 aromatic heterocycles. The average molecular weight is 325 g/mol. The third kappa shape index (κ3) is 1.80. The van der Waals surface area contributed by atoms with Crippen LogP contribution in [0.2, 0.25) is 0 Å². The summed E-state index contributed by atoms with van der Waals surface area (Å²) in [4.78, 5) is 28.8. The Morgan fingerprint density at radius 3 is 3.10 bits per heavy atom. The van der Waals surface area contributed by atoms with E-state index in [0.717, 1.165) is 0 Å². The average Bonchev–Trinajstić information content (AvgIpc) is 3.10. The van der Waals surface area contributed by atoms with Gasteiger partial charge in [-0.1, -0.05) is 0 Å². The zero-order valence-electron chi connectivity index (χ0n) is 10.8. The Balaban J connectivity index is 1.61. The van der Waals surface area contributed by atoms with Crippen molar-refractivity contribution < 1.29 is 18.9 Å². The number of aliphatic carboxylic acids is 1. The molecule has 3 atom stereocenters. The second-order valence-electron chi connectivity index (χ2n) is 5.04. The molecule has 0 aromatic carbocycles. The van der Waals surface area contributed by atoms with Crippen molar-refractivity contribution in [3.63, 3.8) is 0 Å². The summed E-state index contributed by atoms with van der Waals surface area (Å²) in [6, 6.07) is -0.732. The lowest BCUT2D eigenvalue weighted by Gasteiger charge is -2.38. The molecule has 7 nitrogen and oxygen atoms in total. The zero-order chi connectivity index (χ0) is 14.7. The van der Waals surface area contributed by atoms with Crippen LogP contribution < -0.4 is 0 Å². The standard InChI is InChI=1S/C12H11N3O4S2/c16-9-7(10-15(9)8(5-20-10)11(17)18)3-6-4-14-1-2-21(19)12(14)13-6/h3-4,8,10H,1-2,5H2,(H,17,18). The number of nitrogens with zero attached hydrogens (tertiary/aromatic N) is 3. The second kappa shape index (κ2) is 4.44. The van der Waals surface area contributed by atoms with Gasteiger partial charge in [-0.2, -0.15) is 0 Å². The molecule has 3 unspecified atom stereocenters. The third-order valence-electron chi connectivity index (χ3n) is 3.82. The number of carbonyl (C=O) groups is 2. The molecular weight excluding hydrogens is 314 g/mol. The van der Waals surface area contributed by atoms with Crippen LogP contribution in [0.3, 0.4) is 0 Å². The molecule has 1 amide bonds. The van der Waals surface area contributed by atoms with Crippen LogP contribution in [-0.2, 0) is 26.9 Å². The fourth-order valence-electron chi connectivity index (χ4n) is 2.77. The van der Waals surface area contributed by atoms with Gasteiger partial charge in [-0.15, -0.1) is 11.8 Å². The number of imidazole rings is 1. The lowest BCUT2D eigenvalue weighted by Crippen LogP contribution is -2.56. The molecule has 9 heteroatoms. The third-order valence-corrected chi connectivity index (χ3v) is 6.41. The van der Waals surface area contributed by atoms with Gasteiger partial charge in [0, 0.05) is 24.2 Å². The molecule has 0 saturated carbocycles. The molecule has 0 spiro atoms. The van der Waals surface area contributed by atoms with E-state index >= 15 is 0 Å². The van der Waals surface area contributed by atoms with E-state index in [1.54, 1.807) is 12.3 Å². The van der Waals surface area contributed by atoms with Crippen LogP contribution in [0.15, 0.2) is 16.9 Å². The molecule has 2 fully saturated rings. The topological polar surface area (TPSA) is 92.5 Å². The normalized spacial score (nSPS) is 32.2. The van der Waals surface area contributed by atoms with Crippen LogP contribution in [0.5, 0.6) is 0 Å². The molecule has 2 saturated heterocycles. The first kappa shape index (κ1) is 13.1. The van der Waals surface area contributed by atoms with Crippen molar-refractivity contribution >= 4 is 40.5 Å². The second-order valence-corrected chi connectivity index (χ2v) is 7.62. The number of carboxylic acid groups (broad SMARTS) is 1. The fourth-order valence-corrected chi connectivity index (χ4v) is 5.34. The summed E-state index contributed by atoms with van der Waals surface area (Å²) in [6.07, 6.45) is 3.47. The number of carbonyl (C=O) groups excluding carboxylic acids is 1. The first-order valence-corrected chi connectivity index (χ1v) is 8.77. The fraction of sp³-hybridized carbons (Fsp3) is 0.417. The SMILES string of the molecule is O=C(O)C1CSC2C(=Cc3cn4c(n3)S(=O)CC4)C(=O)N12. The van der Waals surface area contributed by atoms with Gasteiger partial charge in [-0.05, 0) is 6.08 Å². The van der Waals surface area contributed by atoms with Crippen molar-refractivity contribution in [1.82, 2.24) is 14.5 Å². The van der Waals surface area contributed by atoms with Gasteiger partial charge in [0.25, 0.3) is 5.91 Å². The summed E-state index contributed by atoms with van der Waals surface area (Å²) < 4.78 is 13.5. The van der Waals surface area contributed by atoms with Gasteiger partial charge >= 0.3 is 5.97 Å². The monoisotopic (exact) mass is 325 g/mol. The van der Waals surface area contributed by atoms with Crippen LogP contribution in [0.1, 0.15) is 5.69 Å². The number of rotatable bonds is 2. The molecule has 4 heterocycles. The number of fused-ring (bicyclic) bond motifs is 2. The van der Waals surface area contributed by atoms with Gasteiger partial charge in [0.2, 0.25) is 0 Å². The summed E-state index contributed by atoms with van der Waals surface area (Å²) in [5.74, 6) is -0.210. The Hall–Kier alpha value is -1.61. The molecular formula is C12H11N3O4S2. The number of hydrogen-bond acceptors (Lipinski definition) is 5. The molecule has 21 heavy (non-hydrogen) atoms. The van der Waals surface area contributed by atoms with Gasteiger partial charge in [-0.25, -0.2) is 9.78 Å². The molecule has 4 rings (SSSR count). The van der Waals surface area contributed by atoms with Gasteiger partial charge in [-0.3, -0.25) is 9.00 Å².